The van der Waals surface area contributed by atoms with Gasteiger partial charge < -0.3 is 20.1 Å². The van der Waals surface area contributed by atoms with Crippen LogP contribution in [0.4, 0.5) is 0 Å². The number of ether oxygens (including phenoxy) is 2. The maximum absolute atomic E-state index is 12.4. The third-order valence-corrected chi connectivity index (χ3v) is 8.15. The van der Waals surface area contributed by atoms with Crippen LogP contribution >= 0.6 is 7.82 Å². The Morgan fingerprint density at radius 3 is 1.71 bits per heavy atom. The SMILES string of the molecule is CC/C=C/C/C=C/C/C=C/C/C=C/C/C=C/CCCCCC(=O)OC[C@@H](COP(=O)(O)OCCN)OC(=O)CCCCCCCCCC. The number of phosphoric ester groups is 1. The highest BCUT2D eigenvalue weighted by molar-refractivity contribution is 7.47. The molecule has 0 fully saturated rings. The van der Waals surface area contributed by atoms with Gasteiger partial charge in [0.1, 0.15) is 6.61 Å². The van der Waals surface area contributed by atoms with E-state index in [0.717, 1.165) is 70.6 Å². The Labute approximate surface area is 291 Å². The fraction of sp³-hybridized carbons (Fsp3) is 0.684. The van der Waals surface area contributed by atoms with Crippen LogP contribution in [0.1, 0.15) is 136 Å². The number of hydrogen-bond donors (Lipinski definition) is 2. The zero-order valence-corrected chi connectivity index (χ0v) is 30.8. The molecule has 0 saturated carbocycles. The van der Waals surface area contributed by atoms with Crippen LogP contribution in [0.5, 0.6) is 0 Å². The van der Waals surface area contributed by atoms with E-state index < -0.39 is 32.5 Å². The van der Waals surface area contributed by atoms with Crippen LogP contribution in [0.25, 0.3) is 0 Å². The van der Waals surface area contributed by atoms with E-state index in [1.165, 1.54) is 25.7 Å². The fourth-order valence-corrected chi connectivity index (χ4v) is 5.25. The second kappa shape index (κ2) is 34.6. The molecule has 0 aromatic carbocycles. The summed E-state index contributed by atoms with van der Waals surface area (Å²) in [5.41, 5.74) is 5.31. The van der Waals surface area contributed by atoms with Gasteiger partial charge in [0.2, 0.25) is 0 Å². The summed E-state index contributed by atoms with van der Waals surface area (Å²) in [6.45, 7) is 3.51. The second-order valence-corrected chi connectivity index (χ2v) is 13.2. The molecule has 0 aliphatic heterocycles. The second-order valence-electron chi connectivity index (χ2n) is 11.7. The van der Waals surface area contributed by atoms with Crippen LogP contribution in [0.15, 0.2) is 60.8 Å². The average molecular weight is 696 g/mol. The zero-order chi connectivity index (χ0) is 35.4. The molecule has 0 saturated heterocycles. The minimum absolute atomic E-state index is 0.0465. The van der Waals surface area contributed by atoms with E-state index in [1.54, 1.807) is 0 Å². The topological polar surface area (TPSA) is 134 Å². The number of nitrogens with two attached hydrogens (primary N) is 1. The van der Waals surface area contributed by atoms with Crippen molar-refractivity contribution in [2.75, 3.05) is 26.4 Å². The molecule has 9 nitrogen and oxygen atoms in total. The van der Waals surface area contributed by atoms with Gasteiger partial charge in [0.05, 0.1) is 13.2 Å². The number of phosphoric acid groups is 1. The lowest BCUT2D eigenvalue weighted by molar-refractivity contribution is -0.161. The van der Waals surface area contributed by atoms with Crippen LogP contribution < -0.4 is 5.73 Å². The van der Waals surface area contributed by atoms with Gasteiger partial charge in [-0.25, -0.2) is 4.57 Å². The van der Waals surface area contributed by atoms with Gasteiger partial charge in [-0.3, -0.25) is 18.6 Å². The molecule has 0 amide bonds. The molecule has 1 unspecified atom stereocenters. The van der Waals surface area contributed by atoms with Crippen LogP contribution in [0, 0.1) is 0 Å². The van der Waals surface area contributed by atoms with Gasteiger partial charge >= 0.3 is 19.8 Å². The van der Waals surface area contributed by atoms with Crippen molar-refractivity contribution in [1.29, 1.82) is 0 Å². The van der Waals surface area contributed by atoms with Gasteiger partial charge in [-0.1, -0.05) is 126 Å². The molecule has 0 aromatic rings. The first kappa shape index (κ1) is 45.7. The molecule has 2 atom stereocenters. The molecule has 0 radical (unpaired) electrons. The van der Waals surface area contributed by atoms with Gasteiger partial charge in [0, 0.05) is 19.4 Å². The van der Waals surface area contributed by atoms with Crippen LogP contribution in [-0.2, 0) is 32.7 Å². The van der Waals surface area contributed by atoms with Crippen molar-refractivity contribution in [3.8, 4) is 0 Å². The third-order valence-electron chi connectivity index (χ3n) is 7.17. The maximum atomic E-state index is 12.4. The third kappa shape index (κ3) is 33.6. The number of allylic oxidation sites excluding steroid dienone is 10. The summed E-state index contributed by atoms with van der Waals surface area (Å²) < 4.78 is 32.5. The summed E-state index contributed by atoms with van der Waals surface area (Å²) in [6.07, 6.45) is 38.4. The molecule has 0 aliphatic carbocycles. The maximum Gasteiger partial charge on any atom is 0.472 e. The van der Waals surface area contributed by atoms with Crippen LogP contribution in [0.2, 0.25) is 0 Å². The highest BCUT2D eigenvalue weighted by Crippen LogP contribution is 2.43. The highest BCUT2D eigenvalue weighted by Gasteiger charge is 2.25. The molecule has 48 heavy (non-hydrogen) atoms. The van der Waals surface area contributed by atoms with E-state index in [1.807, 2.05) is 0 Å². The van der Waals surface area contributed by atoms with Gasteiger partial charge in [-0.2, -0.15) is 0 Å². The Hall–Kier alpha value is -2.29. The molecule has 10 heteroatoms. The summed E-state index contributed by atoms with van der Waals surface area (Å²) in [5.74, 6) is -0.878. The monoisotopic (exact) mass is 695 g/mol. The minimum Gasteiger partial charge on any atom is -0.462 e. The van der Waals surface area contributed by atoms with Crippen molar-refractivity contribution < 1.29 is 37.6 Å². The number of esters is 2. The molecule has 0 rings (SSSR count). The molecule has 3 N–H and O–H groups in total. The lowest BCUT2D eigenvalue weighted by Crippen LogP contribution is -2.29. The molecule has 0 bridgehead atoms. The summed E-state index contributed by atoms with van der Waals surface area (Å²) in [5, 5.41) is 0. The fourth-order valence-electron chi connectivity index (χ4n) is 4.48. The van der Waals surface area contributed by atoms with Crippen LogP contribution in [-0.4, -0.2) is 49.3 Å². The number of carbonyl (C=O) groups excluding carboxylic acids is 2. The molecule has 0 heterocycles. The number of hydrogen-bond acceptors (Lipinski definition) is 8. The highest BCUT2D eigenvalue weighted by atomic mass is 31.2. The first-order chi connectivity index (χ1) is 23.3. The molecule has 0 spiro atoms. The number of carbonyl (C=O) groups is 2. The van der Waals surface area contributed by atoms with Crippen molar-refractivity contribution in [1.82, 2.24) is 0 Å². The van der Waals surface area contributed by atoms with Crippen LogP contribution in [0.3, 0.4) is 0 Å². The predicted octanol–water partition coefficient (Wildman–Crippen LogP) is 9.77. The summed E-state index contributed by atoms with van der Waals surface area (Å²) in [6, 6.07) is 0. The molecular weight excluding hydrogens is 629 g/mol. The van der Waals surface area contributed by atoms with Gasteiger partial charge in [-0.15, -0.1) is 0 Å². The molecular formula is C38H66NO8P. The van der Waals surface area contributed by atoms with E-state index in [9.17, 15) is 19.0 Å². The Balaban J connectivity index is 4.25. The number of unbranched alkanes of at least 4 members (excludes halogenated alkanes) is 10. The zero-order valence-electron chi connectivity index (χ0n) is 29.9. The first-order valence-electron chi connectivity index (χ1n) is 18.3. The van der Waals surface area contributed by atoms with Crippen molar-refractivity contribution in [3.63, 3.8) is 0 Å². The van der Waals surface area contributed by atoms with E-state index in [0.29, 0.717) is 12.8 Å². The minimum atomic E-state index is -4.37. The van der Waals surface area contributed by atoms with Gasteiger partial charge in [-0.05, 0) is 57.8 Å². The summed E-state index contributed by atoms with van der Waals surface area (Å²) >= 11 is 0. The van der Waals surface area contributed by atoms with Crippen molar-refractivity contribution in [3.05, 3.63) is 60.8 Å². The predicted molar refractivity (Wildman–Crippen MR) is 196 cm³/mol. The van der Waals surface area contributed by atoms with E-state index >= 15 is 0 Å². The average Bonchev–Trinajstić information content (AvgIpc) is 3.07. The summed E-state index contributed by atoms with van der Waals surface area (Å²) in [7, 11) is -4.37. The molecule has 276 valence electrons. The van der Waals surface area contributed by atoms with E-state index in [-0.39, 0.29) is 32.6 Å². The molecule has 0 aromatic heterocycles. The Morgan fingerprint density at radius 1 is 0.646 bits per heavy atom. The van der Waals surface area contributed by atoms with Crippen molar-refractivity contribution in [2.24, 2.45) is 5.73 Å². The lowest BCUT2D eigenvalue weighted by atomic mass is 10.1. The number of rotatable bonds is 33. The van der Waals surface area contributed by atoms with E-state index in [2.05, 4.69) is 74.6 Å². The quantitative estimate of drug-likeness (QED) is 0.0298. The van der Waals surface area contributed by atoms with Gasteiger partial charge in [0.15, 0.2) is 6.10 Å². The Morgan fingerprint density at radius 2 is 1.15 bits per heavy atom. The van der Waals surface area contributed by atoms with Crippen molar-refractivity contribution >= 4 is 19.8 Å². The standard InChI is InChI=1S/C38H66NO8P/c1-3-5-7-9-11-13-14-15-16-17-18-19-20-21-22-23-25-26-28-30-37(40)44-34-36(35-46-48(42,43)45-33-32-39)47-38(41)31-29-27-24-12-10-8-6-4-2/h5,7,11,13,15-16,18-19,21-22,36H,3-4,6,8-10,12,14,17,20,23-35,39H2,1-2H3,(H,42,43)/b7-5+,13-11+,16-15+,19-18+,22-21+/t36-/m0/s1. The van der Waals surface area contributed by atoms with Crippen molar-refractivity contribution in [2.45, 2.75) is 142 Å². The summed E-state index contributed by atoms with van der Waals surface area (Å²) in [4.78, 5) is 34.5. The normalized spacial score (nSPS) is 14.2. The van der Waals surface area contributed by atoms with Gasteiger partial charge in [0.25, 0.3) is 0 Å². The smallest absolute Gasteiger partial charge is 0.462 e. The Kier molecular flexibility index (Phi) is 32.9. The first-order valence-corrected chi connectivity index (χ1v) is 19.8. The Bertz CT molecular complexity index is 976. The molecule has 0 aliphatic rings. The van der Waals surface area contributed by atoms with E-state index in [4.69, 9.17) is 24.3 Å². The largest absolute Gasteiger partial charge is 0.472 e. The lowest BCUT2D eigenvalue weighted by Gasteiger charge is -2.19.